The molecule has 1 fully saturated rings. The van der Waals surface area contributed by atoms with Gasteiger partial charge in [0, 0.05) is 25.4 Å². The topological polar surface area (TPSA) is 55.6 Å². The van der Waals surface area contributed by atoms with Gasteiger partial charge in [-0.1, -0.05) is 18.3 Å². The fourth-order valence-electron chi connectivity index (χ4n) is 2.63. The number of anilines is 1. The number of hydrogen-bond donors (Lipinski definition) is 1. The monoisotopic (exact) mass is 310 g/mol. The van der Waals surface area contributed by atoms with Crippen molar-refractivity contribution in [2.24, 2.45) is 11.1 Å². The van der Waals surface area contributed by atoms with Crippen LogP contribution in [0.4, 0.5) is 10.1 Å². The molecule has 1 aromatic carbocycles. The lowest BCUT2D eigenvalue weighted by atomic mass is 9.78. The van der Waals surface area contributed by atoms with E-state index in [1.54, 1.807) is 12.1 Å². The molecule has 2 N–H and O–H groups in total. The second-order valence-corrected chi connectivity index (χ2v) is 5.53. The van der Waals surface area contributed by atoms with Crippen LogP contribution in [0.3, 0.4) is 0 Å². The zero-order valence-electron chi connectivity index (χ0n) is 12.0. The molecule has 0 atom stereocenters. The summed E-state index contributed by atoms with van der Waals surface area (Å²) in [7, 11) is 0. The Kier molecular flexibility index (Phi) is 4.90. The van der Waals surface area contributed by atoms with E-state index in [0.717, 1.165) is 0 Å². The highest BCUT2D eigenvalue weighted by atomic mass is 32.1. The Hall–Kier alpha value is -1.53. The minimum atomic E-state index is -0.893. The maximum Gasteiger partial charge on any atom is 0.240 e. The first-order valence-corrected chi connectivity index (χ1v) is 7.37. The number of nitrogens with two attached hydrogens (primary N) is 1. The van der Waals surface area contributed by atoms with Crippen molar-refractivity contribution < 1.29 is 13.9 Å². The first kappa shape index (κ1) is 15.9. The Morgan fingerprint density at radius 3 is 2.67 bits per heavy atom. The molecule has 0 aromatic heterocycles. The van der Waals surface area contributed by atoms with E-state index in [9.17, 15) is 9.18 Å². The predicted molar refractivity (Wildman–Crippen MR) is 83.7 cm³/mol. The van der Waals surface area contributed by atoms with E-state index in [-0.39, 0.29) is 16.7 Å². The van der Waals surface area contributed by atoms with Crippen molar-refractivity contribution >= 4 is 28.8 Å². The van der Waals surface area contributed by atoms with Crippen molar-refractivity contribution in [3.05, 3.63) is 30.1 Å². The number of benzene rings is 1. The molecule has 0 spiro atoms. The average molecular weight is 310 g/mol. The van der Waals surface area contributed by atoms with Crippen LogP contribution in [-0.4, -0.2) is 30.7 Å². The summed E-state index contributed by atoms with van der Waals surface area (Å²) in [6, 6.07) is 5.97. The molecule has 1 aromatic rings. The van der Waals surface area contributed by atoms with Gasteiger partial charge in [-0.2, -0.15) is 0 Å². The fourth-order valence-corrected chi connectivity index (χ4v) is 2.92. The van der Waals surface area contributed by atoms with Crippen LogP contribution in [0.1, 0.15) is 19.8 Å². The van der Waals surface area contributed by atoms with Crippen LogP contribution in [0.25, 0.3) is 0 Å². The Balaban J connectivity index is 2.36. The number of nitrogens with zero attached hydrogens (tertiary/aromatic N) is 1. The quantitative estimate of drug-likeness (QED) is 0.867. The second kappa shape index (κ2) is 6.49. The molecule has 1 aliphatic heterocycles. The van der Waals surface area contributed by atoms with Gasteiger partial charge in [-0.05, 0) is 38.0 Å². The van der Waals surface area contributed by atoms with Crippen molar-refractivity contribution in [3.8, 4) is 0 Å². The van der Waals surface area contributed by atoms with Crippen molar-refractivity contribution in [3.63, 3.8) is 0 Å². The van der Waals surface area contributed by atoms with E-state index >= 15 is 0 Å². The summed E-state index contributed by atoms with van der Waals surface area (Å²) in [6.07, 6.45) is 0.931. The summed E-state index contributed by atoms with van der Waals surface area (Å²) in [6.45, 7) is 3.16. The highest BCUT2D eigenvalue weighted by Gasteiger charge is 2.45. The van der Waals surface area contributed by atoms with Gasteiger partial charge in [-0.25, -0.2) is 4.39 Å². The molecule has 21 heavy (non-hydrogen) atoms. The summed E-state index contributed by atoms with van der Waals surface area (Å²) in [5.41, 5.74) is 5.48. The van der Waals surface area contributed by atoms with Crippen LogP contribution in [0.2, 0.25) is 0 Å². The Bertz CT molecular complexity index is 544. The van der Waals surface area contributed by atoms with E-state index < -0.39 is 5.41 Å². The summed E-state index contributed by atoms with van der Waals surface area (Å²) in [4.78, 5) is 14.7. The molecule has 0 radical (unpaired) electrons. The SMILES string of the molecule is CCN(C(=O)C1(C(N)=S)CCOCC1)c1cccc(F)c1. The largest absolute Gasteiger partial charge is 0.392 e. The minimum Gasteiger partial charge on any atom is -0.392 e. The number of rotatable bonds is 4. The van der Waals surface area contributed by atoms with Gasteiger partial charge in [0.25, 0.3) is 0 Å². The Morgan fingerprint density at radius 1 is 1.48 bits per heavy atom. The molecular formula is C15H19FN2O2S. The van der Waals surface area contributed by atoms with Gasteiger partial charge in [0.1, 0.15) is 11.2 Å². The fraction of sp³-hybridized carbons (Fsp3) is 0.467. The minimum absolute atomic E-state index is 0.175. The lowest BCUT2D eigenvalue weighted by Crippen LogP contribution is -2.53. The molecule has 2 rings (SSSR count). The molecule has 0 aliphatic carbocycles. The highest BCUT2D eigenvalue weighted by Crippen LogP contribution is 2.35. The van der Waals surface area contributed by atoms with Gasteiger partial charge in [0.15, 0.2) is 0 Å². The second-order valence-electron chi connectivity index (χ2n) is 5.09. The Morgan fingerprint density at radius 2 is 2.14 bits per heavy atom. The molecule has 0 bridgehead atoms. The van der Waals surface area contributed by atoms with Crippen molar-refractivity contribution in [2.45, 2.75) is 19.8 Å². The molecule has 114 valence electrons. The van der Waals surface area contributed by atoms with Crippen LogP contribution in [0.15, 0.2) is 24.3 Å². The molecule has 0 saturated carbocycles. The lowest BCUT2D eigenvalue weighted by molar-refractivity contribution is -0.128. The van der Waals surface area contributed by atoms with Crippen LogP contribution in [-0.2, 0) is 9.53 Å². The van der Waals surface area contributed by atoms with Crippen LogP contribution in [0.5, 0.6) is 0 Å². The third-order valence-electron chi connectivity index (χ3n) is 3.91. The maximum atomic E-state index is 13.4. The molecule has 0 unspecified atom stereocenters. The molecule has 1 saturated heterocycles. The maximum absolute atomic E-state index is 13.4. The van der Waals surface area contributed by atoms with E-state index in [2.05, 4.69) is 0 Å². The summed E-state index contributed by atoms with van der Waals surface area (Å²) >= 11 is 5.15. The van der Waals surface area contributed by atoms with Gasteiger partial charge >= 0.3 is 0 Å². The van der Waals surface area contributed by atoms with Crippen LogP contribution >= 0.6 is 12.2 Å². The Labute approximate surface area is 129 Å². The van der Waals surface area contributed by atoms with E-state index in [4.69, 9.17) is 22.7 Å². The molecule has 1 amide bonds. The number of carbonyl (C=O) groups is 1. The molecule has 1 aliphatic rings. The number of carbonyl (C=O) groups excluding carboxylic acids is 1. The number of halogens is 1. The zero-order chi connectivity index (χ0) is 15.5. The van der Waals surface area contributed by atoms with E-state index in [1.165, 1.54) is 17.0 Å². The normalized spacial score (nSPS) is 17.2. The van der Waals surface area contributed by atoms with Gasteiger partial charge in [-0.15, -0.1) is 0 Å². The molecule has 4 nitrogen and oxygen atoms in total. The first-order chi connectivity index (χ1) is 10.0. The van der Waals surface area contributed by atoms with Crippen LogP contribution in [0, 0.1) is 11.2 Å². The first-order valence-electron chi connectivity index (χ1n) is 6.96. The van der Waals surface area contributed by atoms with Gasteiger partial charge < -0.3 is 15.4 Å². The van der Waals surface area contributed by atoms with Gasteiger partial charge in [0.2, 0.25) is 5.91 Å². The number of hydrogen-bond acceptors (Lipinski definition) is 3. The van der Waals surface area contributed by atoms with Crippen molar-refractivity contribution in [1.29, 1.82) is 0 Å². The van der Waals surface area contributed by atoms with Gasteiger partial charge in [0.05, 0.1) is 4.99 Å². The summed E-state index contributed by atoms with van der Waals surface area (Å²) in [5.74, 6) is -0.554. The lowest BCUT2D eigenvalue weighted by Gasteiger charge is -2.38. The van der Waals surface area contributed by atoms with Crippen molar-refractivity contribution in [2.75, 3.05) is 24.7 Å². The summed E-state index contributed by atoms with van der Waals surface area (Å²) in [5, 5.41) is 0. The van der Waals surface area contributed by atoms with Crippen LogP contribution < -0.4 is 10.6 Å². The molecule has 1 heterocycles. The standard InChI is InChI=1S/C15H19FN2O2S/c1-2-18(12-5-3-4-11(16)10-12)14(19)15(13(17)21)6-8-20-9-7-15/h3-5,10H,2,6-9H2,1H3,(H2,17,21). The van der Waals surface area contributed by atoms with Crippen molar-refractivity contribution in [1.82, 2.24) is 0 Å². The zero-order valence-corrected chi connectivity index (χ0v) is 12.8. The number of ether oxygens (including phenoxy) is 1. The van der Waals surface area contributed by atoms with Gasteiger partial charge in [-0.3, -0.25) is 4.79 Å². The summed E-state index contributed by atoms with van der Waals surface area (Å²) < 4.78 is 18.7. The molecular weight excluding hydrogens is 291 g/mol. The predicted octanol–water partition coefficient (Wildman–Crippen LogP) is 2.26. The third-order valence-corrected chi connectivity index (χ3v) is 4.30. The average Bonchev–Trinajstić information content (AvgIpc) is 2.48. The highest BCUT2D eigenvalue weighted by molar-refractivity contribution is 7.80. The third kappa shape index (κ3) is 3.06. The number of amides is 1. The van der Waals surface area contributed by atoms with E-state index in [1.807, 2.05) is 6.92 Å². The smallest absolute Gasteiger partial charge is 0.240 e. The molecule has 6 heteroatoms. The number of thiocarbonyl (C=S) groups is 1. The van der Waals surface area contributed by atoms with E-state index in [0.29, 0.717) is 38.3 Å².